The maximum Gasteiger partial charge on any atom is 0.330 e. The Morgan fingerprint density at radius 2 is 2.30 bits per heavy atom. The fraction of sp³-hybridized carbons (Fsp3) is 0.231. The van der Waals surface area contributed by atoms with Crippen molar-refractivity contribution >= 4 is 11.8 Å². The van der Waals surface area contributed by atoms with Crippen molar-refractivity contribution in [2.75, 3.05) is 5.32 Å². The second-order valence-electron chi connectivity index (χ2n) is 4.32. The van der Waals surface area contributed by atoms with E-state index in [1.54, 1.807) is 32.3 Å². The molecule has 0 aliphatic heterocycles. The molecule has 2 aromatic heterocycles. The second kappa shape index (κ2) is 5.40. The van der Waals surface area contributed by atoms with Crippen LogP contribution in [0.4, 0.5) is 5.82 Å². The Morgan fingerprint density at radius 3 is 2.85 bits per heavy atom. The van der Waals surface area contributed by atoms with Gasteiger partial charge in [0.05, 0.1) is 11.8 Å². The van der Waals surface area contributed by atoms with E-state index in [0.29, 0.717) is 16.8 Å². The number of aryl methyl sites for hydroxylation is 2. The summed E-state index contributed by atoms with van der Waals surface area (Å²) in [5.74, 6) is -0.811. The van der Waals surface area contributed by atoms with E-state index in [4.69, 9.17) is 5.26 Å². The van der Waals surface area contributed by atoms with Crippen LogP contribution in [0.5, 0.6) is 0 Å². The number of carboxylic acid groups (broad SMARTS) is 1. The number of pyridine rings is 1. The molecule has 1 unspecified atom stereocenters. The van der Waals surface area contributed by atoms with Crippen molar-refractivity contribution in [3.8, 4) is 6.07 Å². The number of nitrogens with one attached hydrogen (secondary N) is 1. The number of anilines is 1. The summed E-state index contributed by atoms with van der Waals surface area (Å²) < 4.78 is 1.52. The van der Waals surface area contributed by atoms with Crippen molar-refractivity contribution in [3.63, 3.8) is 0 Å². The third-order valence-corrected chi connectivity index (χ3v) is 2.74. The number of rotatable bonds is 4. The van der Waals surface area contributed by atoms with Gasteiger partial charge >= 0.3 is 5.97 Å². The van der Waals surface area contributed by atoms with Gasteiger partial charge in [-0.25, -0.2) is 9.78 Å². The molecule has 0 bridgehead atoms. The van der Waals surface area contributed by atoms with E-state index in [1.165, 1.54) is 10.9 Å². The van der Waals surface area contributed by atoms with Gasteiger partial charge in [-0.3, -0.25) is 4.68 Å². The molecule has 0 saturated heterocycles. The smallest absolute Gasteiger partial charge is 0.330 e. The van der Waals surface area contributed by atoms with Crippen LogP contribution >= 0.6 is 0 Å². The van der Waals surface area contributed by atoms with Gasteiger partial charge in [-0.05, 0) is 19.1 Å². The van der Waals surface area contributed by atoms with Crippen LogP contribution in [0.15, 0.2) is 24.5 Å². The summed E-state index contributed by atoms with van der Waals surface area (Å²) in [6, 6.07) is 4.28. The second-order valence-corrected chi connectivity index (χ2v) is 4.32. The summed E-state index contributed by atoms with van der Waals surface area (Å²) in [5.41, 5.74) is 1.49. The van der Waals surface area contributed by atoms with Crippen molar-refractivity contribution in [1.29, 1.82) is 5.26 Å². The van der Waals surface area contributed by atoms with Crippen molar-refractivity contribution < 1.29 is 9.90 Å². The number of hydrogen-bond donors (Lipinski definition) is 2. The average molecular weight is 271 g/mol. The Labute approximate surface area is 115 Å². The molecule has 7 heteroatoms. The molecule has 102 valence electrons. The summed E-state index contributed by atoms with van der Waals surface area (Å²) in [5, 5.41) is 25.1. The third-order valence-electron chi connectivity index (χ3n) is 2.74. The number of hydrogen-bond acceptors (Lipinski definition) is 5. The van der Waals surface area contributed by atoms with Gasteiger partial charge in [0.1, 0.15) is 11.9 Å². The Hall–Kier alpha value is -2.88. The molecule has 2 rings (SSSR count). The van der Waals surface area contributed by atoms with Gasteiger partial charge in [-0.1, -0.05) is 0 Å². The first kappa shape index (κ1) is 13.5. The van der Waals surface area contributed by atoms with Gasteiger partial charge in [0, 0.05) is 24.5 Å². The summed E-state index contributed by atoms with van der Waals surface area (Å²) in [7, 11) is 1.70. The minimum Gasteiger partial charge on any atom is -0.479 e. The molecule has 0 aliphatic rings. The molecule has 7 nitrogen and oxygen atoms in total. The number of nitrogens with zero attached hydrogens (tertiary/aromatic N) is 4. The predicted octanol–water partition coefficient (Wildman–Crippen LogP) is 1.23. The molecule has 2 heterocycles. The summed E-state index contributed by atoms with van der Waals surface area (Å²) >= 11 is 0. The maximum absolute atomic E-state index is 11.4. The zero-order valence-corrected chi connectivity index (χ0v) is 11.0. The molecule has 0 fully saturated rings. The normalized spacial score (nSPS) is 11.7. The molecular formula is C13H13N5O2. The highest BCUT2D eigenvalue weighted by Crippen LogP contribution is 2.21. The predicted molar refractivity (Wildman–Crippen MR) is 70.9 cm³/mol. The lowest BCUT2D eigenvalue weighted by Gasteiger charge is -2.14. The summed E-state index contributed by atoms with van der Waals surface area (Å²) in [6.45, 7) is 1.77. The highest BCUT2D eigenvalue weighted by atomic mass is 16.4. The van der Waals surface area contributed by atoms with E-state index in [2.05, 4.69) is 15.4 Å². The maximum atomic E-state index is 11.4. The zero-order valence-electron chi connectivity index (χ0n) is 11.0. The van der Waals surface area contributed by atoms with Gasteiger partial charge in [0.25, 0.3) is 0 Å². The Morgan fingerprint density at radius 1 is 1.55 bits per heavy atom. The van der Waals surface area contributed by atoms with Crippen molar-refractivity contribution in [2.24, 2.45) is 7.05 Å². The van der Waals surface area contributed by atoms with E-state index >= 15 is 0 Å². The largest absolute Gasteiger partial charge is 0.479 e. The molecule has 0 spiro atoms. The SMILES string of the molecule is Cc1ccc(C#N)c(NC(C(=O)O)c2cnn(C)c2)n1. The minimum absolute atomic E-state index is 0.253. The van der Waals surface area contributed by atoms with Crippen LogP contribution in [0.2, 0.25) is 0 Å². The molecule has 0 aromatic carbocycles. The van der Waals surface area contributed by atoms with E-state index in [9.17, 15) is 9.90 Å². The number of nitriles is 1. The highest BCUT2D eigenvalue weighted by Gasteiger charge is 2.22. The Kier molecular flexibility index (Phi) is 3.66. The van der Waals surface area contributed by atoms with Crippen LogP contribution in [0.1, 0.15) is 22.9 Å². The van der Waals surface area contributed by atoms with Crippen LogP contribution in [-0.2, 0) is 11.8 Å². The number of aromatic nitrogens is 3. The number of aliphatic carboxylic acids is 1. The first-order valence-electron chi connectivity index (χ1n) is 5.87. The van der Waals surface area contributed by atoms with Crippen LogP contribution in [0, 0.1) is 18.3 Å². The molecule has 2 N–H and O–H groups in total. The molecule has 0 aliphatic carbocycles. The molecular weight excluding hydrogens is 258 g/mol. The van der Waals surface area contributed by atoms with E-state index in [0.717, 1.165) is 0 Å². The molecule has 20 heavy (non-hydrogen) atoms. The zero-order chi connectivity index (χ0) is 14.7. The Balaban J connectivity index is 2.37. The molecule has 0 radical (unpaired) electrons. The third kappa shape index (κ3) is 2.75. The number of carbonyl (C=O) groups is 1. The lowest BCUT2D eigenvalue weighted by atomic mass is 10.1. The quantitative estimate of drug-likeness (QED) is 0.866. The molecule has 0 amide bonds. The van der Waals surface area contributed by atoms with E-state index < -0.39 is 12.0 Å². The van der Waals surface area contributed by atoms with E-state index in [-0.39, 0.29) is 5.82 Å². The van der Waals surface area contributed by atoms with Gasteiger partial charge in [-0.15, -0.1) is 0 Å². The fourth-order valence-corrected chi connectivity index (χ4v) is 1.77. The van der Waals surface area contributed by atoms with Crippen molar-refractivity contribution in [2.45, 2.75) is 13.0 Å². The molecule has 0 saturated carbocycles. The van der Waals surface area contributed by atoms with E-state index in [1.807, 2.05) is 6.07 Å². The lowest BCUT2D eigenvalue weighted by molar-refractivity contribution is -0.138. The van der Waals surface area contributed by atoms with Crippen molar-refractivity contribution in [3.05, 3.63) is 41.3 Å². The topological polar surface area (TPSA) is 104 Å². The Bertz CT molecular complexity index is 686. The fourth-order valence-electron chi connectivity index (χ4n) is 1.77. The summed E-state index contributed by atoms with van der Waals surface area (Å²) in [4.78, 5) is 15.6. The van der Waals surface area contributed by atoms with Crippen LogP contribution in [0.3, 0.4) is 0 Å². The van der Waals surface area contributed by atoms with Crippen molar-refractivity contribution in [1.82, 2.24) is 14.8 Å². The standard InChI is InChI=1S/C13H13N5O2/c1-8-3-4-9(5-14)12(16-8)17-11(13(19)20)10-6-15-18(2)7-10/h3-4,6-7,11H,1-2H3,(H,16,17)(H,19,20). The van der Waals surface area contributed by atoms with Gasteiger partial charge in [0.15, 0.2) is 6.04 Å². The first-order valence-corrected chi connectivity index (χ1v) is 5.87. The monoisotopic (exact) mass is 271 g/mol. The first-order chi connectivity index (χ1) is 9.51. The highest BCUT2D eigenvalue weighted by molar-refractivity contribution is 5.79. The van der Waals surface area contributed by atoms with Crippen LogP contribution in [0.25, 0.3) is 0 Å². The minimum atomic E-state index is -1.06. The van der Waals surface area contributed by atoms with Gasteiger partial charge < -0.3 is 10.4 Å². The average Bonchev–Trinajstić information content (AvgIpc) is 2.82. The van der Waals surface area contributed by atoms with Gasteiger partial charge in [-0.2, -0.15) is 10.4 Å². The molecule has 1 atom stereocenters. The molecule has 2 aromatic rings. The lowest BCUT2D eigenvalue weighted by Crippen LogP contribution is -2.21. The van der Waals surface area contributed by atoms with Crippen LogP contribution in [-0.4, -0.2) is 25.8 Å². The van der Waals surface area contributed by atoms with Crippen LogP contribution < -0.4 is 5.32 Å². The van der Waals surface area contributed by atoms with Gasteiger partial charge in [0.2, 0.25) is 0 Å². The number of carboxylic acids is 1. The summed E-state index contributed by atoms with van der Waals surface area (Å²) in [6.07, 6.45) is 3.07.